The van der Waals surface area contributed by atoms with Gasteiger partial charge in [-0.1, -0.05) is 6.92 Å². The number of pyridine rings is 1. The normalized spacial score (nSPS) is 11.2. The molecule has 0 aliphatic rings. The quantitative estimate of drug-likeness (QED) is 0.792. The maximum absolute atomic E-state index is 10.8. The van der Waals surface area contributed by atoms with Crippen LogP contribution in [0.25, 0.3) is 0 Å². The van der Waals surface area contributed by atoms with Gasteiger partial charge in [0.2, 0.25) is 10.0 Å². The van der Waals surface area contributed by atoms with Crippen LogP contribution in [-0.2, 0) is 16.4 Å². The molecule has 1 aromatic rings. The summed E-state index contributed by atoms with van der Waals surface area (Å²) in [7, 11) is -3.21. The number of hydrogen-bond donors (Lipinski definition) is 1. The summed E-state index contributed by atoms with van der Waals surface area (Å²) in [5.41, 5.74) is 1.06. The molecule has 72 valence electrons. The van der Waals surface area contributed by atoms with Crippen LogP contribution >= 0.6 is 0 Å². The zero-order valence-corrected chi connectivity index (χ0v) is 8.43. The van der Waals surface area contributed by atoms with Gasteiger partial charge in [-0.25, -0.2) is 13.4 Å². The van der Waals surface area contributed by atoms with Gasteiger partial charge in [0.1, 0.15) is 5.82 Å². The molecule has 0 spiro atoms. The van der Waals surface area contributed by atoms with Gasteiger partial charge in [-0.05, 0) is 24.1 Å². The first-order valence-corrected chi connectivity index (χ1v) is 5.83. The van der Waals surface area contributed by atoms with Gasteiger partial charge in [0.25, 0.3) is 0 Å². The van der Waals surface area contributed by atoms with Gasteiger partial charge >= 0.3 is 0 Å². The molecule has 1 aromatic heterocycles. The molecule has 1 rings (SSSR count). The Bertz CT molecular complexity index is 387. The van der Waals surface area contributed by atoms with Gasteiger partial charge in [-0.15, -0.1) is 0 Å². The van der Waals surface area contributed by atoms with Crippen LogP contribution in [0.2, 0.25) is 0 Å². The maximum atomic E-state index is 10.8. The van der Waals surface area contributed by atoms with Gasteiger partial charge < -0.3 is 0 Å². The Morgan fingerprint density at radius 3 is 2.77 bits per heavy atom. The zero-order valence-electron chi connectivity index (χ0n) is 7.61. The van der Waals surface area contributed by atoms with Crippen molar-refractivity contribution < 1.29 is 8.42 Å². The summed E-state index contributed by atoms with van der Waals surface area (Å²) in [5, 5.41) is 0. The minimum Gasteiger partial charge on any atom is -0.268 e. The van der Waals surface area contributed by atoms with E-state index in [-0.39, 0.29) is 0 Å². The number of rotatable bonds is 3. The fourth-order valence-corrected chi connectivity index (χ4v) is 1.43. The highest BCUT2D eigenvalue weighted by molar-refractivity contribution is 7.92. The molecular formula is C8H12N2O2S. The Morgan fingerprint density at radius 2 is 2.23 bits per heavy atom. The summed E-state index contributed by atoms with van der Waals surface area (Å²) in [6, 6.07) is 3.58. The van der Waals surface area contributed by atoms with Crippen molar-refractivity contribution in [3.63, 3.8) is 0 Å². The van der Waals surface area contributed by atoms with E-state index in [2.05, 4.69) is 9.71 Å². The highest BCUT2D eigenvalue weighted by atomic mass is 32.2. The van der Waals surface area contributed by atoms with Crippen LogP contribution in [0.1, 0.15) is 12.5 Å². The number of hydrogen-bond acceptors (Lipinski definition) is 3. The first kappa shape index (κ1) is 9.98. The summed E-state index contributed by atoms with van der Waals surface area (Å²) in [6.45, 7) is 2.00. The van der Waals surface area contributed by atoms with Gasteiger partial charge in [0, 0.05) is 6.20 Å². The lowest BCUT2D eigenvalue weighted by molar-refractivity contribution is 0.606. The number of aromatic nitrogens is 1. The molecule has 0 radical (unpaired) electrons. The van der Waals surface area contributed by atoms with E-state index in [1.165, 1.54) is 0 Å². The summed E-state index contributed by atoms with van der Waals surface area (Å²) in [6.07, 6.45) is 3.56. The second-order valence-electron chi connectivity index (χ2n) is 2.78. The van der Waals surface area contributed by atoms with Crippen LogP contribution < -0.4 is 4.72 Å². The van der Waals surface area contributed by atoms with Crippen LogP contribution in [0.4, 0.5) is 5.82 Å². The fraction of sp³-hybridized carbons (Fsp3) is 0.375. The zero-order chi connectivity index (χ0) is 9.90. The van der Waals surface area contributed by atoms with E-state index in [9.17, 15) is 8.42 Å². The molecule has 5 heteroatoms. The lowest BCUT2D eigenvalue weighted by Crippen LogP contribution is -2.10. The Kier molecular flexibility index (Phi) is 2.87. The topological polar surface area (TPSA) is 59.1 Å². The highest BCUT2D eigenvalue weighted by Gasteiger charge is 2.02. The predicted octanol–water partition coefficient (Wildman–Crippen LogP) is 1.02. The number of aryl methyl sites for hydroxylation is 1. The predicted molar refractivity (Wildman–Crippen MR) is 52.1 cm³/mol. The summed E-state index contributed by atoms with van der Waals surface area (Å²) < 4.78 is 24.0. The van der Waals surface area contributed by atoms with Gasteiger partial charge in [-0.2, -0.15) is 0 Å². The standard InChI is InChI=1S/C8H12N2O2S/c1-3-7-4-5-9-8(6-7)10-13(2,11)12/h4-6H,3H2,1-2H3,(H,9,10). The van der Waals surface area contributed by atoms with E-state index in [4.69, 9.17) is 0 Å². The molecule has 0 fully saturated rings. The molecule has 0 aliphatic heterocycles. The minimum absolute atomic E-state index is 0.377. The lowest BCUT2D eigenvalue weighted by atomic mass is 10.2. The molecule has 0 unspecified atom stereocenters. The molecule has 0 atom stereocenters. The average Bonchev–Trinajstić information content (AvgIpc) is 2.01. The molecule has 1 N–H and O–H groups in total. The molecule has 4 nitrogen and oxygen atoms in total. The maximum Gasteiger partial charge on any atom is 0.230 e. The molecule has 0 bridgehead atoms. The third kappa shape index (κ3) is 3.42. The number of anilines is 1. The highest BCUT2D eigenvalue weighted by Crippen LogP contribution is 2.08. The van der Waals surface area contributed by atoms with Gasteiger partial charge in [0.15, 0.2) is 0 Å². The molecule has 0 saturated heterocycles. The third-order valence-electron chi connectivity index (χ3n) is 1.52. The van der Waals surface area contributed by atoms with Crippen molar-refractivity contribution in [2.75, 3.05) is 11.0 Å². The summed E-state index contributed by atoms with van der Waals surface area (Å²) >= 11 is 0. The number of nitrogens with one attached hydrogen (secondary N) is 1. The number of nitrogens with zero attached hydrogens (tertiary/aromatic N) is 1. The van der Waals surface area contributed by atoms with Crippen LogP contribution in [0.15, 0.2) is 18.3 Å². The average molecular weight is 200 g/mol. The first-order chi connectivity index (χ1) is 6.01. The molecular weight excluding hydrogens is 188 g/mol. The van der Waals surface area contributed by atoms with Crippen LogP contribution in [0.5, 0.6) is 0 Å². The van der Waals surface area contributed by atoms with Crippen molar-refractivity contribution in [2.24, 2.45) is 0 Å². The van der Waals surface area contributed by atoms with Crippen molar-refractivity contribution >= 4 is 15.8 Å². The van der Waals surface area contributed by atoms with E-state index in [1.54, 1.807) is 12.3 Å². The van der Waals surface area contributed by atoms with Crippen LogP contribution in [0, 0.1) is 0 Å². The van der Waals surface area contributed by atoms with Crippen molar-refractivity contribution in [2.45, 2.75) is 13.3 Å². The lowest BCUT2D eigenvalue weighted by Gasteiger charge is -2.03. The largest absolute Gasteiger partial charge is 0.268 e. The van der Waals surface area contributed by atoms with Crippen LogP contribution in [-0.4, -0.2) is 19.7 Å². The van der Waals surface area contributed by atoms with E-state index < -0.39 is 10.0 Å². The van der Waals surface area contributed by atoms with E-state index in [0.29, 0.717) is 5.82 Å². The Balaban J connectivity index is 2.90. The Hall–Kier alpha value is -1.10. The molecule has 0 amide bonds. The monoisotopic (exact) mass is 200 g/mol. The molecule has 13 heavy (non-hydrogen) atoms. The fourth-order valence-electron chi connectivity index (χ4n) is 0.940. The Labute approximate surface area is 78.1 Å². The molecule has 1 heterocycles. The molecule has 0 saturated carbocycles. The second-order valence-corrected chi connectivity index (χ2v) is 4.53. The van der Waals surface area contributed by atoms with Crippen molar-refractivity contribution in [3.05, 3.63) is 23.9 Å². The van der Waals surface area contributed by atoms with Crippen molar-refractivity contribution in [1.82, 2.24) is 4.98 Å². The summed E-state index contributed by atoms with van der Waals surface area (Å²) in [4.78, 5) is 3.88. The molecule has 0 aliphatic carbocycles. The van der Waals surface area contributed by atoms with Crippen molar-refractivity contribution in [3.8, 4) is 0 Å². The van der Waals surface area contributed by atoms with E-state index in [0.717, 1.165) is 18.2 Å². The second kappa shape index (κ2) is 3.74. The summed E-state index contributed by atoms with van der Waals surface area (Å²) in [5.74, 6) is 0.377. The van der Waals surface area contributed by atoms with Crippen molar-refractivity contribution in [1.29, 1.82) is 0 Å². The molecule has 0 aromatic carbocycles. The first-order valence-electron chi connectivity index (χ1n) is 3.94. The smallest absolute Gasteiger partial charge is 0.230 e. The minimum atomic E-state index is -3.21. The van der Waals surface area contributed by atoms with Crippen LogP contribution in [0.3, 0.4) is 0 Å². The number of sulfonamides is 1. The van der Waals surface area contributed by atoms with Gasteiger partial charge in [-0.3, -0.25) is 4.72 Å². The van der Waals surface area contributed by atoms with Gasteiger partial charge in [0.05, 0.1) is 6.26 Å². The van der Waals surface area contributed by atoms with E-state index >= 15 is 0 Å². The third-order valence-corrected chi connectivity index (χ3v) is 2.10. The SMILES string of the molecule is CCc1ccnc(NS(C)(=O)=O)c1. The Morgan fingerprint density at radius 1 is 1.54 bits per heavy atom. The van der Waals surface area contributed by atoms with E-state index in [1.807, 2.05) is 13.0 Å².